The first-order valence-corrected chi connectivity index (χ1v) is 7.57. The van der Waals surface area contributed by atoms with Gasteiger partial charge in [0, 0.05) is 26.2 Å². The van der Waals surface area contributed by atoms with Crippen LogP contribution in [-0.4, -0.2) is 40.8 Å². The summed E-state index contributed by atoms with van der Waals surface area (Å²) in [6.45, 7) is 0.988. The molecular formula is C10H23N3O3S. The molecule has 1 aliphatic carbocycles. The van der Waals surface area contributed by atoms with Gasteiger partial charge in [-0.05, 0) is 32.1 Å². The fourth-order valence-electron chi connectivity index (χ4n) is 1.86. The predicted octanol–water partition coefficient (Wildman–Crippen LogP) is -0.283. The van der Waals surface area contributed by atoms with Crippen molar-refractivity contribution in [2.24, 2.45) is 5.73 Å². The summed E-state index contributed by atoms with van der Waals surface area (Å²) in [4.78, 5) is 0. The zero-order chi connectivity index (χ0) is 12.7. The van der Waals surface area contributed by atoms with Crippen LogP contribution in [0.1, 0.15) is 32.1 Å². The van der Waals surface area contributed by atoms with Gasteiger partial charge in [-0.15, -0.1) is 0 Å². The Bertz CT molecular complexity index is 300. The van der Waals surface area contributed by atoms with Crippen molar-refractivity contribution in [2.75, 3.05) is 20.2 Å². The first kappa shape index (κ1) is 14.8. The van der Waals surface area contributed by atoms with Crippen LogP contribution in [0.3, 0.4) is 0 Å². The molecule has 4 N–H and O–H groups in total. The summed E-state index contributed by atoms with van der Waals surface area (Å²) in [6, 6.07) is 0.331. The number of ether oxygens (including phenoxy) is 1. The first-order chi connectivity index (χ1) is 8.03. The molecule has 6 nitrogen and oxygen atoms in total. The molecule has 0 bridgehead atoms. The fraction of sp³-hybridized carbons (Fsp3) is 1.00. The van der Waals surface area contributed by atoms with Gasteiger partial charge in [-0.1, -0.05) is 0 Å². The molecular weight excluding hydrogens is 242 g/mol. The minimum absolute atomic E-state index is 0.302. The van der Waals surface area contributed by atoms with Crippen molar-refractivity contribution in [3.8, 4) is 0 Å². The monoisotopic (exact) mass is 265 g/mol. The number of rotatable bonds is 7. The van der Waals surface area contributed by atoms with Crippen LogP contribution >= 0.6 is 0 Å². The zero-order valence-corrected chi connectivity index (χ0v) is 11.1. The van der Waals surface area contributed by atoms with E-state index in [9.17, 15) is 8.42 Å². The van der Waals surface area contributed by atoms with Crippen molar-refractivity contribution >= 4 is 10.2 Å². The molecule has 1 rings (SSSR count). The van der Waals surface area contributed by atoms with Crippen LogP contribution in [0.4, 0.5) is 0 Å². The van der Waals surface area contributed by atoms with E-state index < -0.39 is 10.2 Å². The lowest BCUT2D eigenvalue weighted by molar-refractivity contribution is 0.0245. The summed E-state index contributed by atoms with van der Waals surface area (Å²) >= 11 is 0. The molecule has 0 amide bonds. The maximum atomic E-state index is 11.0. The predicted molar refractivity (Wildman–Crippen MR) is 66.8 cm³/mol. The number of nitrogens with one attached hydrogen (secondary N) is 2. The maximum absolute atomic E-state index is 11.0. The molecule has 17 heavy (non-hydrogen) atoms. The molecule has 0 heterocycles. The topological polar surface area (TPSA) is 93.5 Å². The molecule has 1 fully saturated rings. The van der Waals surface area contributed by atoms with E-state index in [1.807, 2.05) is 0 Å². The second-order valence-electron chi connectivity index (χ2n) is 4.36. The van der Waals surface area contributed by atoms with Crippen LogP contribution in [0.5, 0.6) is 0 Å². The molecule has 0 spiro atoms. The third-order valence-electron chi connectivity index (χ3n) is 2.95. The molecule has 7 heteroatoms. The van der Waals surface area contributed by atoms with Crippen molar-refractivity contribution in [2.45, 2.75) is 44.2 Å². The van der Waals surface area contributed by atoms with Gasteiger partial charge in [0.15, 0.2) is 0 Å². The third kappa shape index (κ3) is 6.32. The Morgan fingerprint density at radius 1 is 1.29 bits per heavy atom. The Labute approximate surface area is 103 Å². The van der Waals surface area contributed by atoms with Crippen molar-refractivity contribution in [1.29, 1.82) is 0 Å². The lowest BCUT2D eigenvalue weighted by Crippen LogP contribution is -2.35. The largest absolute Gasteiger partial charge is 0.378 e. The quantitative estimate of drug-likeness (QED) is 0.552. The molecule has 1 aliphatic rings. The lowest BCUT2D eigenvalue weighted by atomic mass is 9.94. The Morgan fingerprint density at radius 2 is 1.94 bits per heavy atom. The molecule has 0 aromatic rings. The summed E-state index contributed by atoms with van der Waals surface area (Å²) in [6.07, 6.45) is 5.07. The lowest BCUT2D eigenvalue weighted by Gasteiger charge is -2.26. The number of hydrogen-bond donors (Lipinski definition) is 3. The Kier molecular flexibility index (Phi) is 6.35. The average Bonchev–Trinajstić information content (AvgIpc) is 2.31. The van der Waals surface area contributed by atoms with Crippen LogP contribution < -0.4 is 15.2 Å². The molecule has 0 unspecified atom stereocenters. The second-order valence-corrected chi connectivity index (χ2v) is 6.07. The zero-order valence-electron chi connectivity index (χ0n) is 10.3. The van der Waals surface area contributed by atoms with Crippen molar-refractivity contribution in [3.63, 3.8) is 0 Å². The summed E-state index contributed by atoms with van der Waals surface area (Å²) in [5.41, 5.74) is 5.80. The average molecular weight is 265 g/mol. The highest BCUT2D eigenvalue weighted by molar-refractivity contribution is 7.87. The van der Waals surface area contributed by atoms with E-state index in [2.05, 4.69) is 9.44 Å². The van der Waals surface area contributed by atoms with Gasteiger partial charge in [-0.25, -0.2) is 9.44 Å². The minimum atomic E-state index is -3.30. The van der Waals surface area contributed by atoms with Gasteiger partial charge in [-0.2, -0.15) is 8.42 Å². The summed E-state index contributed by atoms with van der Waals surface area (Å²) in [5, 5.41) is 0. The normalized spacial score (nSPS) is 26.0. The van der Waals surface area contributed by atoms with Crippen LogP contribution in [0, 0.1) is 0 Å². The maximum Gasteiger partial charge on any atom is 0.276 e. The van der Waals surface area contributed by atoms with Crippen LogP contribution in [0.15, 0.2) is 0 Å². The van der Waals surface area contributed by atoms with Gasteiger partial charge < -0.3 is 10.5 Å². The Balaban J connectivity index is 2.01. The summed E-state index contributed by atoms with van der Waals surface area (Å²) < 4.78 is 32.3. The van der Waals surface area contributed by atoms with Gasteiger partial charge >= 0.3 is 0 Å². The number of nitrogens with two attached hydrogens (primary N) is 1. The number of hydrogen-bond acceptors (Lipinski definition) is 4. The molecule has 0 aromatic heterocycles. The smallest absolute Gasteiger partial charge is 0.276 e. The Morgan fingerprint density at radius 3 is 2.53 bits per heavy atom. The highest BCUT2D eigenvalue weighted by Crippen LogP contribution is 2.19. The molecule has 102 valence electrons. The van der Waals surface area contributed by atoms with Gasteiger partial charge in [0.05, 0.1) is 6.10 Å². The van der Waals surface area contributed by atoms with Gasteiger partial charge in [0.1, 0.15) is 0 Å². The van der Waals surface area contributed by atoms with E-state index in [1.165, 1.54) is 7.05 Å². The van der Waals surface area contributed by atoms with Crippen molar-refractivity contribution in [1.82, 2.24) is 9.44 Å². The van der Waals surface area contributed by atoms with Gasteiger partial charge in [-0.3, -0.25) is 0 Å². The molecule has 0 saturated heterocycles. The highest BCUT2D eigenvalue weighted by Gasteiger charge is 2.18. The van der Waals surface area contributed by atoms with E-state index in [4.69, 9.17) is 10.5 Å². The first-order valence-electron chi connectivity index (χ1n) is 6.09. The SMILES string of the molecule is CNS(=O)(=O)NCCCOC1CCC(N)CC1. The van der Waals surface area contributed by atoms with Crippen LogP contribution in [0.25, 0.3) is 0 Å². The third-order valence-corrected chi connectivity index (χ3v) is 4.08. The summed E-state index contributed by atoms with van der Waals surface area (Å²) in [5.74, 6) is 0. The van der Waals surface area contributed by atoms with Crippen LogP contribution in [-0.2, 0) is 14.9 Å². The van der Waals surface area contributed by atoms with E-state index in [0.29, 0.717) is 31.7 Å². The van der Waals surface area contributed by atoms with E-state index in [1.54, 1.807) is 0 Å². The standard InChI is InChI=1S/C10H23N3O3S/c1-12-17(14,15)13-7-2-8-16-10-5-3-9(11)4-6-10/h9-10,12-13H,2-8,11H2,1H3. The molecule has 0 aromatic carbocycles. The van der Waals surface area contributed by atoms with E-state index in [-0.39, 0.29) is 0 Å². The molecule has 0 atom stereocenters. The molecule has 0 aliphatic heterocycles. The second kappa shape index (κ2) is 7.27. The summed E-state index contributed by atoms with van der Waals surface area (Å²) in [7, 11) is -1.93. The van der Waals surface area contributed by atoms with Crippen molar-refractivity contribution in [3.05, 3.63) is 0 Å². The Hall–Kier alpha value is -0.210. The van der Waals surface area contributed by atoms with Gasteiger partial charge in [0.2, 0.25) is 0 Å². The molecule has 0 radical (unpaired) electrons. The van der Waals surface area contributed by atoms with Gasteiger partial charge in [0.25, 0.3) is 10.2 Å². The van der Waals surface area contributed by atoms with Crippen LogP contribution in [0.2, 0.25) is 0 Å². The van der Waals surface area contributed by atoms with E-state index >= 15 is 0 Å². The van der Waals surface area contributed by atoms with Crippen molar-refractivity contribution < 1.29 is 13.2 Å². The van der Waals surface area contributed by atoms with E-state index in [0.717, 1.165) is 25.7 Å². The highest BCUT2D eigenvalue weighted by atomic mass is 32.2. The minimum Gasteiger partial charge on any atom is -0.378 e. The fourth-order valence-corrected chi connectivity index (χ4v) is 2.41. The molecule has 1 saturated carbocycles.